The molecule has 4 aromatic rings. The average molecular weight is 405 g/mol. The Morgan fingerprint density at radius 1 is 0.800 bits per heavy atom. The van der Waals surface area contributed by atoms with Crippen molar-refractivity contribution in [2.24, 2.45) is 0 Å². The van der Waals surface area contributed by atoms with Crippen molar-refractivity contribution in [2.75, 3.05) is 28.1 Å². The fourth-order valence-corrected chi connectivity index (χ4v) is 3.60. The van der Waals surface area contributed by atoms with E-state index in [1.165, 1.54) is 0 Å². The van der Waals surface area contributed by atoms with Gasteiger partial charge in [0.15, 0.2) is 28.6 Å². The van der Waals surface area contributed by atoms with E-state index in [1.807, 2.05) is 42.5 Å². The van der Waals surface area contributed by atoms with Crippen LogP contribution in [0.15, 0.2) is 53.1 Å². The van der Waals surface area contributed by atoms with Crippen molar-refractivity contribution in [1.29, 1.82) is 0 Å². The third kappa shape index (κ3) is 2.86. The quantitative estimate of drug-likeness (QED) is 0.467. The lowest BCUT2D eigenvalue weighted by Crippen LogP contribution is -1.95. The summed E-state index contributed by atoms with van der Waals surface area (Å²) in [6, 6.07) is 13.3. The number of furan rings is 1. The number of benzene rings is 2. The summed E-state index contributed by atoms with van der Waals surface area (Å²) >= 11 is 0. The van der Waals surface area contributed by atoms with Gasteiger partial charge < -0.3 is 28.1 Å². The Morgan fingerprint density at radius 3 is 2.30 bits per heavy atom. The molecule has 0 unspecified atom stereocenters. The van der Waals surface area contributed by atoms with Gasteiger partial charge in [0.25, 0.3) is 0 Å². The predicted molar refractivity (Wildman–Crippen MR) is 111 cm³/mol. The van der Waals surface area contributed by atoms with Gasteiger partial charge in [-0.15, -0.1) is 0 Å². The number of aromatic nitrogens is 1. The summed E-state index contributed by atoms with van der Waals surface area (Å²) in [7, 11) is 4.74. The van der Waals surface area contributed by atoms with Gasteiger partial charge in [0.1, 0.15) is 11.3 Å². The second-order valence-corrected chi connectivity index (χ2v) is 6.67. The Morgan fingerprint density at radius 2 is 1.57 bits per heavy atom. The molecule has 2 aromatic heterocycles. The molecule has 0 saturated carbocycles. The molecular formula is C23H19NO6. The SMILES string of the molecule is COc1cc(-c2cc3nccc(-c4ccc5c(c4)OCO5)c3o2)cc(OC)c1OC. The van der Waals surface area contributed by atoms with Crippen molar-refractivity contribution >= 4 is 11.1 Å². The van der Waals surface area contributed by atoms with Crippen molar-refractivity contribution in [3.8, 4) is 51.2 Å². The number of ether oxygens (including phenoxy) is 5. The zero-order valence-corrected chi connectivity index (χ0v) is 16.7. The second-order valence-electron chi connectivity index (χ2n) is 6.67. The third-order valence-electron chi connectivity index (χ3n) is 5.04. The van der Waals surface area contributed by atoms with Crippen LogP contribution in [0.25, 0.3) is 33.6 Å². The minimum absolute atomic E-state index is 0.233. The molecule has 1 aliphatic heterocycles. The largest absolute Gasteiger partial charge is 0.493 e. The van der Waals surface area contributed by atoms with Gasteiger partial charge in [0, 0.05) is 23.4 Å². The highest BCUT2D eigenvalue weighted by Gasteiger charge is 2.19. The molecule has 0 spiro atoms. The molecule has 7 heteroatoms. The van der Waals surface area contributed by atoms with Gasteiger partial charge in [-0.1, -0.05) is 6.07 Å². The number of methoxy groups -OCH3 is 3. The van der Waals surface area contributed by atoms with Crippen LogP contribution in [0, 0.1) is 0 Å². The van der Waals surface area contributed by atoms with Crippen LogP contribution in [0.2, 0.25) is 0 Å². The molecule has 152 valence electrons. The summed E-state index contributed by atoms with van der Waals surface area (Å²) in [5.41, 5.74) is 4.09. The summed E-state index contributed by atoms with van der Waals surface area (Å²) in [5.74, 6) is 3.73. The first-order valence-electron chi connectivity index (χ1n) is 9.30. The van der Waals surface area contributed by atoms with E-state index in [9.17, 15) is 0 Å². The first-order valence-corrected chi connectivity index (χ1v) is 9.30. The summed E-state index contributed by atoms with van der Waals surface area (Å²) in [5, 5.41) is 0. The second kappa shape index (κ2) is 7.18. The molecule has 0 amide bonds. The summed E-state index contributed by atoms with van der Waals surface area (Å²) < 4.78 is 33.5. The van der Waals surface area contributed by atoms with E-state index in [0.717, 1.165) is 28.0 Å². The van der Waals surface area contributed by atoms with Crippen molar-refractivity contribution in [3.63, 3.8) is 0 Å². The summed E-state index contributed by atoms with van der Waals surface area (Å²) in [6.07, 6.45) is 1.76. The molecule has 0 atom stereocenters. The van der Waals surface area contributed by atoms with Gasteiger partial charge in [-0.05, 0) is 35.9 Å². The van der Waals surface area contributed by atoms with Crippen LogP contribution < -0.4 is 23.7 Å². The van der Waals surface area contributed by atoms with Gasteiger partial charge in [0.2, 0.25) is 12.5 Å². The lowest BCUT2D eigenvalue weighted by atomic mass is 10.1. The molecule has 5 rings (SSSR count). The van der Waals surface area contributed by atoms with E-state index in [2.05, 4.69) is 4.98 Å². The van der Waals surface area contributed by atoms with Crippen molar-refractivity contribution in [1.82, 2.24) is 4.98 Å². The molecule has 30 heavy (non-hydrogen) atoms. The lowest BCUT2D eigenvalue weighted by molar-refractivity contribution is 0.174. The van der Waals surface area contributed by atoms with Gasteiger partial charge in [-0.3, -0.25) is 4.98 Å². The first-order chi connectivity index (χ1) is 14.7. The smallest absolute Gasteiger partial charge is 0.231 e. The molecule has 0 radical (unpaired) electrons. The molecule has 1 aliphatic rings. The van der Waals surface area contributed by atoms with Crippen LogP contribution in [0.1, 0.15) is 0 Å². The zero-order chi connectivity index (χ0) is 20.7. The van der Waals surface area contributed by atoms with Crippen LogP contribution >= 0.6 is 0 Å². The van der Waals surface area contributed by atoms with Gasteiger partial charge in [-0.25, -0.2) is 0 Å². The van der Waals surface area contributed by atoms with Gasteiger partial charge in [-0.2, -0.15) is 0 Å². The van der Waals surface area contributed by atoms with Crippen LogP contribution in [0.5, 0.6) is 28.7 Å². The fourth-order valence-electron chi connectivity index (χ4n) is 3.60. The Hall–Kier alpha value is -3.87. The predicted octanol–water partition coefficient (Wildman–Crippen LogP) is 4.92. The number of fused-ring (bicyclic) bond motifs is 2. The number of pyridine rings is 1. The first kappa shape index (κ1) is 18.2. The highest BCUT2D eigenvalue weighted by Crippen LogP contribution is 2.43. The molecular weight excluding hydrogens is 386 g/mol. The maximum Gasteiger partial charge on any atom is 0.231 e. The number of rotatable bonds is 5. The van der Waals surface area contributed by atoms with Crippen molar-refractivity contribution in [2.45, 2.75) is 0 Å². The molecule has 0 aliphatic carbocycles. The monoisotopic (exact) mass is 405 g/mol. The Kier molecular flexibility index (Phi) is 4.35. The van der Waals surface area contributed by atoms with Crippen molar-refractivity contribution < 1.29 is 28.1 Å². The van der Waals surface area contributed by atoms with E-state index in [-0.39, 0.29) is 6.79 Å². The van der Waals surface area contributed by atoms with E-state index >= 15 is 0 Å². The van der Waals surface area contributed by atoms with Crippen molar-refractivity contribution in [3.05, 3.63) is 48.7 Å². The molecule has 7 nitrogen and oxygen atoms in total. The highest BCUT2D eigenvalue weighted by molar-refractivity contribution is 5.93. The molecule has 3 heterocycles. The fraction of sp³-hybridized carbons (Fsp3) is 0.174. The summed E-state index contributed by atoms with van der Waals surface area (Å²) in [6.45, 7) is 0.233. The number of hydrogen-bond acceptors (Lipinski definition) is 7. The minimum Gasteiger partial charge on any atom is -0.493 e. The van der Waals surface area contributed by atoms with Gasteiger partial charge in [0.05, 0.1) is 21.3 Å². The maximum atomic E-state index is 6.25. The highest BCUT2D eigenvalue weighted by atomic mass is 16.7. The Bertz CT molecular complexity index is 1220. The standard InChI is InChI=1S/C23H19NO6/c1-25-20-9-14(10-21(26-2)23(20)27-3)18-11-16-22(30-18)15(6-7-24-16)13-4-5-17-19(8-13)29-12-28-17/h4-11H,12H2,1-3H3. The minimum atomic E-state index is 0.233. The van der Waals surface area contributed by atoms with Gasteiger partial charge >= 0.3 is 0 Å². The zero-order valence-electron chi connectivity index (χ0n) is 16.7. The van der Waals surface area contributed by atoms with Crippen LogP contribution in [0.4, 0.5) is 0 Å². The Balaban J connectivity index is 1.64. The normalized spacial score (nSPS) is 12.2. The van der Waals surface area contributed by atoms with E-state index in [4.69, 9.17) is 28.1 Å². The molecule has 0 fully saturated rings. The van der Waals surface area contributed by atoms with Crippen LogP contribution in [0.3, 0.4) is 0 Å². The molecule has 0 bridgehead atoms. The van der Waals surface area contributed by atoms with Crippen LogP contribution in [-0.2, 0) is 0 Å². The maximum absolute atomic E-state index is 6.25. The average Bonchev–Trinajstić information content (AvgIpc) is 3.44. The molecule has 0 N–H and O–H groups in total. The third-order valence-corrected chi connectivity index (χ3v) is 5.04. The Labute approximate surface area is 172 Å². The molecule has 2 aromatic carbocycles. The van der Waals surface area contributed by atoms with E-state index in [1.54, 1.807) is 27.5 Å². The lowest BCUT2D eigenvalue weighted by Gasteiger charge is -2.13. The number of nitrogens with zero attached hydrogens (tertiary/aromatic N) is 1. The van der Waals surface area contributed by atoms with E-state index < -0.39 is 0 Å². The van der Waals surface area contributed by atoms with Crippen LogP contribution in [-0.4, -0.2) is 33.1 Å². The number of hydrogen-bond donors (Lipinski definition) is 0. The molecule has 0 saturated heterocycles. The van der Waals surface area contributed by atoms with E-state index in [0.29, 0.717) is 34.3 Å². The topological polar surface area (TPSA) is 72.2 Å². The summed E-state index contributed by atoms with van der Waals surface area (Å²) in [4.78, 5) is 4.47.